The number of ether oxygens (including phenoxy) is 1. The van der Waals surface area contributed by atoms with Gasteiger partial charge >= 0.3 is 0 Å². The minimum atomic E-state index is -0.473. The quantitative estimate of drug-likeness (QED) is 0.742. The first-order valence-corrected chi connectivity index (χ1v) is 9.10. The molecule has 2 aromatic carbocycles. The van der Waals surface area contributed by atoms with Crippen molar-refractivity contribution >= 4 is 16.6 Å². The smallest absolute Gasteiger partial charge is 0.119 e. The number of hydrogen-bond acceptors (Lipinski definition) is 4. The Kier molecular flexibility index (Phi) is 4.82. The third-order valence-electron chi connectivity index (χ3n) is 5.22. The van der Waals surface area contributed by atoms with Crippen LogP contribution in [-0.4, -0.2) is 54.8 Å². The fourth-order valence-corrected chi connectivity index (χ4v) is 3.69. The van der Waals surface area contributed by atoms with E-state index in [9.17, 15) is 5.11 Å². The molecule has 1 saturated heterocycles. The van der Waals surface area contributed by atoms with Crippen molar-refractivity contribution in [2.75, 3.05) is 44.7 Å². The molecule has 4 rings (SSSR count). The summed E-state index contributed by atoms with van der Waals surface area (Å²) in [6, 6.07) is 16.3. The minimum Gasteiger partial charge on any atom is -0.497 e. The molecule has 3 aromatic rings. The Morgan fingerprint density at radius 1 is 1.04 bits per heavy atom. The van der Waals surface area contributed by atoms with E-state index in [1.54, 1.807) is 7.11 Å². The lowest BCUT2D eigenvalue weighted by molar-refractivity contribution is 0.110. The fourth-order valence-electron chi connectivity index (χ4n) is 3.69. The zero-order chi connectivity index (χ0) is 17.9. The van der Waals surface area contributed by atoms with Crippen molar-refractivity contribution in [1.29, 1.82) is 0 Å². The van der Waals surface area contributed by atoms with E-state index in [4.69, 9.17) is 4.74 Å². The van der Waals surface area contributed by atoms with Crippen LogP contribution in [0.1, 0.15) is 11.7 Å². The normalized spacial score (nSPS) is 16.8. The maximum atomic E-state index is 10.7. The molecule has 1 aromatic heterocycles. The molecule has 2 heterocycles. The van der Waals surface area contributed by atoms with E-state index in [1.165, 1.54) is 5.69 Å². The van der Waals surface area contributed by atoms with Crippen LogP contribution in [0.15, 0.2) is 54.7 Å². The van der Waals surface area contributed by atoms with E-state index in [0.29, 0.717) is 6.54 Å². The van der Waals surface area contributed by atoms with Crippen LogP contribution >= 0.6 is 0 Å². The largest absolute Gasteiger partial charge is 0.497 e. The Labute approximate surface area is 153 Å². The highest BCUT2D eigenvalue weighted by molar-refractivity contribution is 5.83. The van der Waals surface area contributed by atoms with Gasteiger partial charge in [0.25, 0.3) is 0 Å². The highest BCUT2D eigenvalue weighted by Crippen LogP contribution is 2.25. The number of rotatable bonds is 5. The second-order valence-corrected chi connectivity index (χ2v) is 6.79. The summed E-state index contributed by atoms with van der Waals surface area (Å²) in [6.07, 6.45) is 1.46. The summed E-state index contributed by atoms with van der Waals surface area (Å²) in [5.74, 6) is 0.884. The van der Waals surface area contributed by atoms with Gasteiger partial charge in [-0.05, 0) is 30.3 Å². The van der Waals surface area contributed by atoms with Gasteiger partial charge in [0.05, 0.1) is 13.2 Å². The van der Waals surface area contributed by atoms with Gasteiger partial charge in [-0.15, -0.1) is 0 Å². The number of para-hydroxylation sites is 1. The molecule has 2 N–H and O–H groups in total. The number of aromatic nitrogens is 1. The number of benzene rings is 2. The average molecular weight is 351 g/mol. The molecule has 5 nitrogen and oxygen atoms in total. The van der Waals surface area contributed by atoms with Crippen molar-refractivity contribution in [3.63, 3.8) is 0 Å². The Balaban J connectivity index is 1.36. The van der Waals surface area contributed by atoms with E-state index < -0.39 is 6.10 Å². The number of anilines is 1. The molecule has 0 spiro atoms. The molecule has 26 heavy (non-hydrogen) atoms. The molecule has 1 atom stereocenters. The van der Waals surface area contributed by atoms with Gasteiger partial charge in [-0.2, -0.15) is 0 Å². The lowest BCUT2D eigenvalue weighted by Crippen LogP contribution is -2.47. The van der Waals surface area contributed by atoms with Crippen molar-refractivity contribution in [3.05, 3.63) is 60.3 Å². The topological polar surface area (TPSA) is 51.7 Å². The number of aliphatic hydroxyl groups is 1. The summed E-state index contributed by atoms with van der Waals surface area (Å²) >= 11 is 0. The maximum absolute atomic E-state index is 10.7. The van der Waals surface area contributed by atoms with Gasteiger partial charge in [-0.25, -0.2) is 0 Å². The highest BCUT2D eigenvalue weighted by Gasteiger charge is 2.21. The van der Waals surface area contributed by atoms with Gasteiger partial charge in [0.15, 0.2) is 0 Å². The average Bonchev–Trinajstić information content (AvgIpc) is 3.13. The number of piperazine rings is 1. The summed E-state index contributed by atoms with van der Waals surface area (Å²) in [4.78, 5) is 7.97. The Bertz CT molecular complexity index is 851. The van der Waals surface area contributed by atoms with Gasteiger partial charge in [0.1, 0.15) is 5.75 Å². The van der Waals surface area contributed by atoms with Crippen molar-refractivity contribution < 1.29 is 9.84 Å². The zero-order valence-corrected chi connectivity index (χ0v) is 15.1. The third kappa shape index (κ3) is 3.41. The van der Waals surface area contributed by atoms with Crippen LogP contribution in [-0.2, 0) is 0 Å². The molecule has 0 amide bonds. The standard InChI is InChI=1S/C21H25N3O2/c1-26-17-8-6-16(7-9-17)24-12-10-23(11-13-24)15-21(25)19-14-22-20-5-3-2-4-18(19)20/h2-9,14,21-22,25H,10-13,15H2,1H3/t21-/m0/s1. The van der Waals surface area contributed by atoms with Crippen LogP contribution in [0.2, 0.25) is 0 Å². The van der Waals surface area contributed by atoms with Crippen LogP contribution in [0.3, 0.4) is 0 Å². The van der Waals surface area contributed by atoms with Crippen LogP contribution < -0.4 is 9.64 Å². The molecule has 0 bridgehead atoms. The molecule has 1 fully saturated rings. The SMILES string of the molecule is COc1ccc(N2CCN(C[C@H](O)c3c[nH]c4ccccc34)CC2)cc1. The molecular weight excluding hydrogens is 326 g/mol. The number of methoxy groups -OCH3 is 1. The van der Waals surface area contributed by atoms with Gasteiger partial charge < -0.3 is 19.7 Å². The minimum absolute atomic E-state index is 0.473. The van der Waals surface area contributed by atoms with Gasteiger partial charge in [0, 0.05) is 61.1 Å². The molecule has 1 aliphatic rings. The van der Waals surface area contributed by atoms with Crippen molar-refractivity contribution in [3.8, 4) is 5.75 Å². The number of H-pyrrole nitrogens is 1. The van der Waals surface area contributed by atoms with E-state index in [-0.39, 0.29) is 0 Å². The summed E-state index contributed by atoms with van der Waals surface area (Å²) in [5, 5.41) is 11.8. The van der Waals surface area contributed by atoms with Gasteiger partial charge in [-0.1, -0.05) is 18.2 Å². The lowest BCUT2D eigenvalue weighted by atomic mass is 10.1. The van der Waals surface area contributed by atoms with Crippen LogP contribution in [0.4, 0.5) is 5.69 Å². The van der Waals surface area contributed by atoms with Crippen LogP contribution in [0, 0.1) is 0 Å². The molecule has 5 heteroatoms. The predicted molar refractivity (Wildman–Crippen MR) is 105 cm³/mol. The van der Waals surface area contributed by atoms with E-state index in [0.717, 1.165) is 48.4 Å². The van der Waals surface area contributed by atoms with E-state index in [1.807, 2.05) is 36.5 Å². The third-order valence-corrected chi connectivity index (χ3v) is 5.22. The number of aromatic amines is 1. The fraction of sp³-hybridized carbons (Fsp3) is 0.333. The number of hydrogen-bond donors (Lipinski definition) is 2. The van der Waals surface area contributed by atoms with Crippen LogP contribution in [0.25, 0.3) is 10.9 Å². The highest BCUT2D eigenvalue weighted by atomic mass is 16.5. The molecule has 0 unspecified atom stereocenters. The first kappa shape index (κ1) is 16.9. The summed E-state index contributed by atoms with van der Waals surface area (Å²) < 4.78 is 5.23. The summed E-state index contributed by atoms with van der Waals surface area (Å²) in [5.41, 5.74) is 3.28. The molecule has 1 aliphatic heterocycles. The zero-order valence-electron chi connectivity index (χ0n) is 15.1. The predicted octanol–water partition coefficient (Wildman–Crippen LogP) is 3.03. The first-order chi connectivity index (χ1) is 12.7. The number of nitrogens with one attached hydrogen (secondary N) is 1. The number of nitrogens with zero attached hydrogens (tertiary/aromatic N) is 2. The molecule has 0 saturated carbocycles. The maximum Gasteiger partial charge on any atom is 0.119 e. The van der Waals surface area contributed by atoms with Gasteiger partial charge in [-0.3, -0.25) is 4.90 Å². The summed E-state index contributed by atoms with van der Waals surface area (Å²) in [7, 11) is 1.69. The number of fused-ring (bicyclic) bond motifs is 1. The second-order valence-electron chi connectivity index (χ2n) is 6.79. The number of aliphatic hydroxyl groups excluding tert-OH is 1. The van der Waals surface area contributed by atoms with Gasteiger partial charge in [0.2, 0.25) is 0 Å². The lowest BCUT2D eigenvalue weighted by Gasteiger charge is -2.37. The number of β-amino-alcohol motifs (C(OH)–C–C–N with tert-alkyl or cyclic N) is 1. The molecule has 0 aliphatic carbocycles. The van der Waals surface area contributed by atoms with Crippen molar-refractivity contribution in [2.45, 2.75) is 6.10 Å². The van der Waals surface area contributed by atoms with Crippen molar-refractivity contribution in [1.82, 2.24) is 9.88 Å². The molecular formula is C21H25N3O2. The Morgan fingerprint density at radius 2 is 1.77 bits per heavy atom. The monoisotopic (exact) mass is 351 g/mol. The van der Waals surface area contributed by atoms with Crippen molar-refractivity contribution in [2.24, 2.45) is 0 Å². The summed E-state index contributed by atoms with van der Waals surface area (Å²) in [6.45, 7) is 4.50. The first-order valence-electron chi connectivity index (χ1n) is 9.10. The second kappa shape index (κ2) is 7.40. The molecule has 136 valence electrons. The molecule has 0 radical (unpaired) electrons. The Morgan fingerprint density at radius 3 is 2.50 bits per heavy atom. The van der Waals surface area contributed by atoms with E-state index >= 15 is 0 Å². The Hall–Kier alpha value is -2.50. The van der Waals surface area contributed by atoms with E-state index in [2.05, 4.69) is 33.0 Å². The van der Waals surface area contributed by atoms with Crippen LogP contribution in [0.5, 0.6) is 5.75 Å².